The van der Waals surface area contributed by atoms with Gasteiger partial charge in [-0.15, -0.1) is 0 Å². The predicted octanol–water partition coefficient (Wildman–Crippen LogP) is 1.55. The normalized spacial score (nSPS) is 1.50. The Morgan fingerprint density at radius 3 is 1.00 bits per heavy atom. The summed E-state index contributed by atoms with van der Waals surface area (Å²) < 4.78 is 0. The van der Waals surface area contributed by atoms with Crippen molar-refractivity contribution in [2.24, 2.45) is 0 Å². The van der Waals surface area contributed by atoms with Gasteiger partial charge in [0.1, 0.15) is 0 Å². The van der Waals surface area contributed by atoms with Gasteiger partial charge in [0.2, 0.25) is 0 Å². The quantitative estimate of drug-likeness (QED) is 0.350. The second-order valence-electron chi connectivity index (χ2n) is 0. The van der Waals surface area contributed by atoms with Crippen LogP contribution in [-0.2, 0) is 14.4 Å². The van der Waals surface area contributed by atoms with E-state index in [-0.39, 0.29) is 14.9 Å². The molecule has 0 fully saturated rings. The Bertz CT molecular complexity index is 6.00. The zero-order chi connectivity index (χ0) is 2.00. The van der Waals surface area contributed by atoms with Gasteiger partial charge in [-0.25, -0.2) is 0 Å². The van der Waals surface area contributed by atoms with Crippen LogP contribution in [0, 0.1) is 14.9 Å². The van der Waals surface area contributed by atoms with Gasteiger partial charge in [0.25, 0.3) is 0 Å². The molecule has 0 radical (unpaired) electrons. The molecular formula is C2H6CuS-2. The van der Waals surface area contributed by atoms with Gasteiger partial charge < -0.3 is 14.9 Å². The molecular weight excluding hydrogens is 120 g/mol. The first-order valence-corrected chi connectivity index (χ1v) is 1.52. The molecule has 0 amide bonds. The summed E-state index contributed by atoms with van der Waals surface area (Å²) in [5, 5.41) is 0. The summed E-state index contributed by atoms with van der Waals surface area (Å²) in [5.74, 6) is 0. The van der Waals surface area contributed by atoms with Gasteiger partial charge >= 0.3 is 24.9 Å². The molecule has 2 heteroatoms. The van der Waals surface area contributed by atoms with Gasteiger partial charge in [0.15, 0.2) is 0 Å². The average Bonchev–Trinajstić information content (AvgIpc) is 1.00. The SMILES string of the molecule is [CH3-].[CH3-].[S]=[Cu]. The third-order valence-electron chi connectivity index (χ3n) is 0. The molecule has 0 saturated carbocycles. The zero-order valence-electron chi connectivity index (χ0n) is 2.71. The Hall–Kier alpha value is 0.739. The number of hydrogen-bond donors (Lipinski definition) is 0. The van der Waals surface area contributed by atoms with E-state index in [1.165, 1.54) is 0 Å². The molecule has 33 valence electrons. The second-order valence-corrected chi connectivity index (χ2v) is 0. The van der Waals surface area contributed by atoms with Crippen LogP contribution in [0.3, 0.4) is 0 Å². The molecule has 0 rings (SSSR count). The Balaban J connectivity index is -0.00000000500. The maximum absolute atomic E-state index is 3.77. The first kappa shape index (κ1) is 21.9. The molecule has 0 N–H and O–H groups in total. The summed E-state index contributed by atoms with van der Waals surface area (Å²) in [4.78, 5) is 0. The van der Waals surface area contributed by atoms with Crippen LogP contribution in [-0.4, -0.2) is 0 Å². The summed E-state index contributed by atoms with van der Waals surface area (Å²) in [6.07, 6.45) is 0. The molecule has 4 heavy (non-hydrogen) atoms. The topological polar surface area (TPSA) is 0 Å². The molecule has 0 saturated heterocycles. The monoisotopic (exact) mass is 125 g/mol. The van der Waals surface area contributed by atoms with E-state index >= 15 is 0 Å². The van der Waals surface area contributed by atoms with E-state index in [1.54, 1.807) is 0 Å². The minimum atomic E-state index is 0. The van der Waals surface area contributed by atoms with E-state index < -0.39 is 0 Å². The van der Waals surface area contributed by atoms with Crippen molar-refractivity contribution in [1.82, 2.24) is 0 Å². The van der Waals surface area contributed by atoms with Crippen LogP contribution in [0.1, 0.15) is 0 Å². The van der Waals surface area contributed by atoms with Gasteiger partial charge in [0, 0.05) is 0 Å². The fourth-order valence-electron chi connectivity index (χ4n) is 0. The first-order valence-electron chi connectivity index (χ1n) is 0.123. The molecule has 0 spiro atoms. The van der Waals surface area contributed by atoms with E-state index in [4.69, 9.17) is 0 Å². The molecule has 0 aliphatic heterocycles. The average molecular weight is 126 g/mol. The van der Waals surface area contributed by atoms with Crippen LogP contribution in [0.2, 0.25) is 0 Å². The van der Waals surface area contributed by atoms with Crippen LogP contribution in [0.25, 0.3) is 0 Å². The summed E-state index contributed by atoms with van der Waals surface area (Å²) in [6, 6.07) is 0. The minimum absolute atomic E-state index is 0. The van der Waals surface area contributed by atoms with Crippen molar-refractivity contribution in [2.75, 3.05) is 0 Å². The molecule has 0 aromatic carbocycles. The Labute approximate surface area is 40.3 Å². The van der Waals surface area contributed by atoms with Gasteiger partial charge in [-0.2, -0.15) is 0 Å². The summed E-state index contributed by atoms with van der Waals surface area (Å²) in [6.45, 7) is 0. The van der Waals surface area contributed by atoms with Crippen molar-refractivity contribution >= 4 is 10.6 Å². The van der Waals surface area contributed by atoms with Crippen molar-refractivity contribution < 1.29 is 14.4 Å². The van der Waals surface area contributed by atoms with Gasteiger partial charge in [0.05, 0.1) is 0 Å². The molecule has 0 aliphatic carbocycles. The Morgan fingerprint density at radius 2 is 1.00 bits per heavy atom. The van der Waals surface area contributed by atoms with E-state index in [2.05, 4.69) is 24.9 Å². The molecule has 0 aromatic rings. The summed E-state index contributed by atoms with van der Waals surface area (Å²) in [7, 11) is 3.65. The predicted molar refractivity (Wildman–Crippen MR) is 20.4 cm³/mol. The van der Waals surface area contributed by atoms with Gasteiger partial charge in [-0.05, 0) is 0 Å². The van der Waals surface area contributed by atoms with Crippen LogP contribution in [0.4, 0.5) is 0 Å². The molecule has 0 heterocycles. The molecule has 0 aliphatic rings. The fourth-order valence-corrected chi connectivity index (χ4v) is 0. The first-order chi connectivity index (χ1) is 1.00. The third-order valence-corrected chi connectivity index (χ3v) is 0. The van der Waals surface area contributed by atoms with Crippen LogP contribution in [0.15, 0.2) is 0 Å². The van der Waals surface area contributed by atoms with Crippen molar-refractivity contribution in [3.63, 3.8) is 0 Å². The fraction of sp³-hybridized carbons (Fsp3) is 0. The zero-order valence-corrected chi connectivity index (χ0v) is 4.47. The van der Waals surface area contributed by atoms with Crippen LogP contribution >= 0.6 is 10.6 Å². The standard InChI is InChI=1S/2CH3.Cu.S/h2*1H3;;/q2*-1;;. The Kier molecular flexibility index (Phi) is 281. The second kappa shape index (κ2) is 51.3. The molecule has 0 nitrogen and oxygen atoms in total. The number of rotatable bonds is 0. The third kappa shape index (κ3) is 15.2. The van der Waals surface area contributed by atoms with Crippen molar-refractivity contribution in [3.8, 4) is 0 Å². The summed E-state index contributed by atoms with van der Waals surface area (Å²) >= 11 is 3.77. The van der Waals surface area contributed by atoms with Crippen molar-refractivity contribution in [3.05, 3.63) is 14.9 Å². The molecule has 0 aromatic heterocycles. The van der Waals surface area contributed by atoms with Crippen LogP contribution in [0.5, 0.6) is 0 Å². The van der Waals surface area contributed by atoms with E-state index in [0.29, 0.717) is 0 Å². The van der Waals surface area contributed by atoms with Gasteiger partial charge in [-0.3, -0.25) is 0 Å². The van der Waals surface area contributed by atoms with Crippen LogP contribution < -0.4 is 0 Å². The molecule has 0 unspecified atom stereocenters. The van der Waals surface area contributed by atoms with E-state index in [9.17, 15) is 0 Å². The summed E-state index contributed by atoms with van der Waals surface area (Å²) in [5.41, 5.74) is 0. The van der Waals surface area contributed by atoms with Gasteiger partial charge in [-0.1, -0.05) is 0 Å². The van der Waals surface area contributed by atoms with E-state index in [0.717, 1.165) is 0 Å². The van der Waals surface area contributed by atoms with Crippen molar-refractivity contribution in [2.45, 2.75) is 0 Å². The van der Waals surface area contributed by atoms with E-state index in [1.807, 2.05) is 0 Å². The maximum atomic E-state index is 3.77. The van der Waals surface area contributed by atoms with Crippen molar-refractivity contribution in [1.29, 1.82) is 0 Å². The Morgan fingerprint density at radius 1 is 1.00 bits per heavy atom. The molecule has 0 bridgehead atoms. The molecule has 0 atom stereocenters. The number of hydrogen-bond acceptors (Lipinski definition) is 1.